The van der Waals surface area contributed by atoms with Gasteiger partial charge in [0.2, 0.25) is 5.91 Å². The third kappa shape index (κ3) is 4.54. The SMILES string of the molecule is N#Cc1ccc(N2CCN(C(=O)Cc3ccccc3F)C(CO)C2)cc1C(F)(F)F. The number of aliphatic hydroxyl groups is 1. The van der Waals surface area contributed by atoms with E-state index in [1.165, 1.54) is 35.2 Å². The Morgan fingerprint density at radius 1 is 1.20 bits per heavy atom. The molecule has 2 aromatic rings. The number of piperazine rings is 1. The number of hydrogen-bond donors (Lipinski definition) is 1. The molecule has 1 aliphatic heterocycles. The Morgan fingerprint density at radius 2 is 1.93 bits per heavy atom. The number of carbonyl (C=O) groups excluding carboxylic acids is 1. The smallest absolute Gasteiger partial charge is 0.394 e. The van der Waals surface area contributed by atoms with Gasteiger partial charge in [0.05, 0.1) is 36.3 Å². The van der Waals surface area contributed by atoms with E-state index >= 15 is 0 Å². The molecule has 1 N–H and O–H groups in total. The molecular weight excluding hydrogens is 402 g/mol. The van der Waals surface area contributed by atoms with Crippen molar-refractivity contribution >= 4 is 11.6 Å². The number of amides is 1. The Morgan fingerprint density at radius 3 is 2.57 bits per heavy atom. The number of hydrogen-bond acceptors (Lipinski definition) is 4. The summed E-state index contributed by atoms with van der Waals surface area (Å²) in [6.07, 6.45) is -4.84. The van der Waals surface area contributed by atoms with Crippen LogP contribution in [0.1, 0.15) is 16.7 Å². The van der Waals surface area contributed by atoms with Crippen LogP contribution < -0.4 is 4.90 Å². The minimum absolute atomic E-state index is 0.114. The summed E-state index contributed by atoms with van der Waals surface area (Å²) in [4.78, 5) is 15.7. The van der Waals surface area contributed by atoms with Gasteiger partial charge in [-0.1, -0.05) is 18.2 Å². The molecule has 1 amide bonds. The predicted octanol–water partition coefficient (Wildman–Crippen LogP) is 2.97. The lowest BCUT2D eigenvalue weighted by molar-refractivity contribution is -0.137. The van der Waals surface area contributed by atoms with Gasteiger partial charge in [-0.05, 0) is 29.8 Å². The molecule has 0 aromatic heterocycles. The summed E-state index contributed by atoms with van der Waals surface area (Å²) in [6, 6.07) is 10.2. The van der Waals surface area contributed by atoms with Crippen molar-refractivity contribution in [1.82, 2.24) is 4.90 Å². The number of anilines is 1. The molecule has 3 rings (SSSR count). The van der Waals surface area contributed by atoms with Crippen molar-refractivity contribution in [3.8, 4) is 6.07 Å². The third-order valence-electron chi connectivity index (χ3n) is 5.11. The zero-order chi connectivity index (χ0) is 21.9. The Labute approximate surface area is 170 Å². The second-order valence-electron chi connectivity index (χ2n) is 6.98. The van der Waals surface area contributed by atoms with Crippen molar-refractivity contribution in [1.29, 1.82) is 5.26 Å². The molecule has 5 nitrogen and oxygen atoms in total. The third-order valence-corrected chi connectivity index (χ3v) is 5.11. The molecule has 158 valence electrons. The van der Waals surface area contributed by atoms with Crippen molar-refractivity contribution in [2.45, 2.75) is 18.6 Å². The van der Waals surface area contributed by atoms with E-state index in [1.807, 2.05) is 0 Å². The van der Waals surface area contributed by atoms with E-state index in [1.54, 1.807) is 11.0 Å². The molecule has 2 aromatic carbocycles. The van der Waals surface area contributed by atoms with Crippen molar-refractivity contribution in [3.63, 3.8) is 0 Å². The second-order valence-corrected chi connectivity index (χ2v) is 6.98. The molecule has 1 heterocycles. The fourth-order valence-corrected chi connectivity index (χ4v) is 3.54. The van der Waals surface area contributed by atoms with Gasteiger partial charge in [0.15, 0.2) is 0 Å². The van der Waals surface area contributed by atoms with Crippen LogP contribution in [0.25, 0.3) is 0 Å². The highest BCUT2D eigenvalue weighted by molar-refractivity contribution is 5.79. The van der Waals surface area contributed by atoms with Gasteiger partial charge in [-0.15, -0.1) is 0 Å². The predicted molar refractivity (Wildman–Crippen MR) is 101 cm³/mol. The molecular formula is C21H19F4N3O2. The monoisotopic (exact) mass is 421 g/mol. The lowest BCUT2D eigenvalue weighted by Gasteiger charge is -2.42. The van der Waals surface area contributed by atoms with Crippen LogP contribution in [-0.4, -0.2) is 48.2 Å². The van der Waals surface area contributed by atoms with E-state index in [0.29, 0.717) is 0 Å². The fraction of sp³-hybridized carbons (Fsp3) is 0.333. The van der Waals surface area contributed by atoms with Crippen LogP contribution >= 0.6 is 0 Å². The van der Waals surface area contributed by atoms with Gasteiger partial charge >= 0.3 is 6.18 Å². The quantitative estimate of drug-likeness (QED) is 0.771. The number of benzene rings is 2. The number of rotatable bonds is 4. The first-order chi connectivity index (χ1) is 14.2. The van der Waals surface area contributed by atoms with E-state index < -0.39 is 29.2 Å². The van der Waals surface area contributed by atoms with Crippen LogP contribution in [0.4, 0.5) is 23.2 Å². The van der Waals surface area contributed by atoms with Crippen LogP contribution in [0.5, 0.6) is 0 Å². The van der Waals surface area contributed by atoms with Gasteiger partial charge < -0.3 is 14.9 Å². The molecule has 0 saturated carbocycles. The molecule has 1 atom stereocenters. The lowest BCUT2D eigenvalue weighted by Crippen LogP contribution is -2.57. The van der Waals surface area contributed by atoms with E-state index in [4.69, 9.17) is 5.26 Å². The maximum Gasteiger partial charge on any atom is 0.417 e. The average molecular weight is 421 g/mol. The van der Waals surface area contributed by atoms with Gasteiger partial charge in [0, 0.05) is 25.3 Å². The Bertz CT molecular complexity index is 971. The molecule has 9 heteroatoms. The second kappa shape index (κ2) is 8.71. The average Bonchev–Trinajstić information content (AvgIpc) is 2.73. The summed E-state index contributed by atoms with van der Waals surface area (Å²) in [5.74, 6) is -0.864. The number of alkyl halides is 3. The summed E-state index contributed by atoms with van der Waals surface area (Å²) in [7, 11) is 0. The fourth-order valence-electron chi connectivity index (χ4n) is 3.54. The molecule has 1 saturated heterocycles. The maximum absolute atomic E-state index is 13.8. The Balaban J connectivity index is 1.77. The van der Waals surface area contributed by atoms with Crippen LogP contribution in [0.3, 0.4) is 0 Å². The topological polar surface area (TPSA) is 67.6 Å². The normalized spacial score (nSPS) is 17.0. The van der Waals surface area contributed by atoms with Gasteiger partial charge in [0.25, 0.3) is 0 Å². The summed E-state index contributed by atoms with van der Waals surface area (Å²) in [5.41, 5.74) is -1.01. The summed E-state index contributed by atoms with van der Waals surface area (Å²) >= 11 is 0. The molecule has 1 unspecified atom stereocenters. The molecule has 0 spiro atoms. The first-order valence-electron chi connectivity index (χ1n) is 9.24. The lowest BCUT2D eigenvalue weighted by atomic mass is 10.0. The van der Waals surface area contributed by atoms with Gasteiger partial charge in [-0.2, -0.15) is 18.4 Å². The Kier molecular flexibility index (Phi) is 6.27. The van der Waals surface area contributed by atoms with Crippen LogP contribution in [0, 0.1) is 17.1 Å². The van der Waals surface area contributed by atoms with Crippen molar-refractivity contribution in [2.24, 2.45) is 0 Å². The minimum atomic E-state index is -4.67. The summed E-state index contributed by atoms with van der Waals surface area (Å²) < 4.78 is 53.6. The molecule has 0 radical (unpaired) electrons. The highest BCUT2D eigenvalue weighted by atomic mass is 19.4. The number of nitriles is 1. The van der Waals surface area contributed by atoms with Crippen LogP contribution in [0.2, 0.25) is 0 Å². The molecule has 30 heavy (non-hydrogen) atoms. The largest absolute Gasteiger partial charge is 0.417 e. The number of aliphatic hydroxyl groups excluding tert-OH is 1. The van der Waals surface area contributed by atoms with Crippen molar-refractivity contribution in [2.75, 3.05) is 31.1 Å². The van der Waals surface area contributed by atoms with Crippen molar-refractivity contribution < 1.29 is 27.5 Å². The van der Waals surface area contributed by atoms with E-state index in [9.17, 15) is 27.5 Å². The van der Waals surface area contributed by atoms with Crippen LogP contribution in [0.15, 0.2) is 42.5 Å². The first kappa shape index (κ1) is 21.6. The highest BCUT2D eigenvalue weighted by Gasteiger charge is 2.35. The minimum Gasteiger partial charge on any atom is -0.394 e. The van der Waals surface area contributed by atoms with Gasteiger partial charge in [0.1, 0.15) is 5.82 Å². The molecule has 1 fully saturated rings. The van der Waals surface area contributed by atoms with E-state index in [-0.39, 0.29) is 49.8 Å². The molecule has 0 bridgehead atoms. The maximum atomic E-state index is 13.8. The van der Waals surface area contributed by atoms with E-state index in [2.05, 4.69) is 0 Å². The number of halogens is 4. The summed E-state index contributed by atoms with van der Waals surface area (Å²) in [6.45, 7) is 0.132. The standard InChI is InChI=1S/C21H19F4N3O2/c22-19-4-2-1-3-14(19)9-20(30)28-8-7-27(12-17(28)13-29)16-6-5-15(11-26)18(10-16)21(23,24)25/h1-6,10,17,29H,7-9,12-13H2. The molecule has 1 aliphatic rings. The zero-order valence-corrected chi connectivity index (χ0v) is 15.9. The van der Waals surface area contributed by atoms with Gasteiger partial charge in [-0.25, -0.2) is 4.39 Å². The summed E-state index contributed by atoms with van der Waals surface area (Å²) in [5, 5.41) is 18.7. The van der Waals surface area contributed by atoms with Crippen molar-refractivity contribution in [3.05, 3.63) is 65.0 Å². The highest BCUT2D eigenvalue weighted by Crippen LogP contribution is 2.35. The Hall–Kier alpha value is -3.12. The van der Waals surface area contributed by atoms with Crippen LogP contribution in [-0.2, 0) is 17.4 Å². The zero-order valence-electron chi connectivity index (χ0n) is 15.9. The molecule has 0 aliphatic carbocycles. The first-order valence-corrected chi connectivity index (χ1v) is 9.24. The van der Waals surface area contributed by atoms with Gasteiger partial charge in [-0.3, -0.25) is 4.79 Å². The number of carbonyl (C=O) groups is 1. The number of nitrogens with zero attached hydrogens (tertiary/aromatic N) is 3. The van der Waals surface area contributed by atoms with E-state index in [0.717, 1.165) is 12.1 Å².